The van der Waals surface area contributed by atoms with Gasteiger partial charge in [0.25, 0.3) is 0 Å². The van der Waals surface area contributed by atoms with Gasteiger partial charge in [0.1, 0.15) is 25.4 Å². The first-order valence-electron chi connectivity index (χ1n) is 39.5. The normalized spacial score (nSPS) is 14.7. The van der Waals surface area contributed by atoms with Gasteiger partial charge < -0.3 is 34.2 Å². The number of esters is 3. The van der Waals surface area contributed by atoms with Gasteiger partial charge in [0.2, 0.25) is 0 Å². The van der Waals surface area contributed by atoms with Crippen molar-refractivity contribution < 1.29 is 75.8 Å². The second kappa shape index (κ2) is 75.4. The maximum absolute atomic E-state index is 12.9. The molecule has 0 bridgehead atoms. The molecule has 0 saturated heterocycles. The van der Waals surface area contributed by atoms with Crippen LogP contribution in [0.3, 0.4) is 0 Å². The minimum Gasteiger partial charge on any atom is -0.463 e. The van der Waals surface area contributed by atoms with Crippen LogP contribution < -0.4 is 0 Å². The van der Waals surface area contributed by atoms with Crippen LogP contribution in [-0.2, 0) is 55.8 Å². The van der Waals surface area contributed by atoms with Gasteiger partial charge in [0.15, 0.2) is 6.10 Å². The van der Waals surface area contributed by atoms with Crippen LogP contribution in [0.25, 0.3) is 0 Å². The Labute approximate surface area is 614 Å². The van der Waals surface area contributed by atoms with Crippen molar-refractivity contribution in [2.24, 2.45) is 0 Å². The molecule has 5 unspecified atom stereocenters. The Morgan fingerprint density at radius 3 is 0.832 bits per heavy atom. The molecule has 0 radical (unpaired) electrons. The zero-order chi connectivity index (χ0) is 73.7. The summed E-state index contributed by atoms with van der Waals surface area (Å²) in [5, 5.41) is 20.6. The number of carbonyl (C=O) groups is 3. The molecule has 0 aliphatic heterocycles. The molecule has 580 valence electrons. The first kappa shape index (κ1) is 96.7. The lowest BCUT2D eigenvalue weighted by Crippen LogP contribution is -2.30. The van der Waals surface area contributed by atoms with E-state index in [4.69, 9.17) is 32.3 Å². The molecule has 0 saturated carbocycles. The third-order valence-corrected chi connectivity index (χ3v) is 18.3. The highest BCUT2D eigenvalue weighted by molar-refractivity contribution is 7.47. The highest BCUT2D eigenvalue weighted by Crippen LogP contribution is 2.45. The van der Waals surface area contributed by atoms with Crippen molar-refractivity contribution in [2.45, 2.75) is 334 Å². The molecule has 0 spiro atoms. The van der Waals surface area contributed by atoms with E-state index in [1.54, 1.807) is 0 Å². The van der Waals surface area contributed by atoms with Crippen molar-refractivity contribution in [1.29, 1.82) is 0 Å². The number of unbranched alkanes of at least 4 members (excludes halogenated alkanes) is 29. The average molecular weight is 1460 g/mol. The monoisotopic (exact) mass is 1460 g/mol. The van der Waals surface area contributed by atoms with E-state index >= 15 is 0 Å². The highest BCUT2D eigenvalue weighted by atomic mass is 31.2. The predicted molar refractivity (Wildman–Crippen MR) is 417 cm³/mol. The van der Waals surface area contributed by atoms with E-state index in [0.29, 0.717) is 19.3 Å². The van der Waals surface area contributed by atoms with Gasteiger partial charge in [-0.05, 0) is 116 Å². The zero-order valence-electron chi connectivity index (χ0n) is 63.3. The van der Waals surface area contributed by atoms with E-state index in [9.17, 15) is 43.5 Å². The van der Waals surface area contributed by atoms with E-state index in [-0.39, 0.29) is 19.3 Å². The Balaban J connectivity index is 4.43. The Morgan fingerprint density at radius 1 is 0.287 bits per heavy atom. The number of aliphatic hydroxyl groups excluding tert-OH is 2. The molecule has 18 heteroatoms. The minimum atomic E-state index is -4.93. The summed E-state index contributed by atoms with van der Waals surface area (Å²) in [4.78, 5) is 58.5. The van der Waals surface area contributed by atoms with Crippen LogP contribution >= 0.6 is 15.6 Å². The molecule has 0 fully saturated rings. The van der Waals surface area contributed by atoms with Crippen molar-refractivity contribution in [3.8, 4) is 0 Å². The molecule has 4 N–H and O–H groups in total. The van der Waals surface area contributed by atoms with Gasteiger partial charge in [-0.3, -0.25) is 32.5 Å². The van der Waals surface area contributed by atoms with Crippen molar-refractivity contribution in [2.75, 3.05) is 39.6 Å². The topological polar surface area (TPSA) is 231 Å². The molecule has 101 heavy (non-hydrogen) atoms. The summed E-state index contributed by atoms with van der Waals surface area (Å²) in [6.07, 6.45) is 90.8. The standard InChI is InChI=1S/C83H142O16P2/c1-4-7-10-13-16-19-22-24-26-28-30-32-34-35-36-37-38-39-40-41-43-45-46-48-50-52-55-57-60-63-66-69-81(86)93-72-78(84)73-95-100(89,90)96-74-79(85)75-97-101(91,92)98-77-80(99-83(88)71-68-65-62-59-54-21-18-15-12-9-6-3)76-94-82(87)70-67-64-61-58-56-53-51-49-47-44-42-33-31-29-27-25-23-20-17-14-11-8-5-2/h7-8,10-11,16-17,19-20,24-27,30-33,35-36,38-39,44,47,78-80,84-85H,4-6,9,12-15,18,21-23,28-29,34,37,40-43,45-46,48-77H2,1-3H3,(H,89,90)(H,91,92)/b10-7-,11-8-,19-16-,20-17-,26-24-,27-25-,32-30-,33-31-,36-35-,39-38-,47-44-. The smallest absolute Gasteiger partial charge is 0.463 e. The fourth-order valence-corrected chi connectivity index (χ4v) is 12.0. The molecule has 0 aromatic rings. The number of hydrogen-bond acceptors (Lipinski definition) is 14. The fraction of sp³-hybridized carbons (Fsp3) is 0.699. The van der Waals surface area contributed by atoms with E-state index in [0.717, 1.165) is 167 Å². The molecule has 16 nitrogen and oxygen atoms in total. The largest absolute Gasteiger partial charge is 0.472 e. The maximum Gasteiger partial charge on any atom is 0.472 e. The van der Waals surface area contributed by atoms with Gasteiger partial charge in [-0.2, -0.15) is 0 Å². The van der Waals surface area contributed by atoms with Crippen LogP contribution in [0.15, 0.2) is 134 Å². The lowest BCUT2D eigenvalue weighted by atomic mass is 10.0. The lowest BCUT2D eigenvalue weighted by molar-refractivity contribution is -0.161. The Hall–Kier alpha value is -4.31. The van der Waals surface area contributed by atoms with Crippen molar-refractivity contribution in [3.05, 3.63) is 134 Å². The van der Waals surface area contributed by atoms with Crippen LogP contribution in [0, 0.1) is 0 Å². The summed E-state index contributed by atoms with van der Waals surface area (Å²) in [5.41, 5.74) is 0. The number of phosphoric acid groups is 2. The summed E-state index contributed by atoms with van der Waals surface area (Å²) in [6, 6.07) is 0. The molecule has 0 aliphatic carbocycles. The molecule has 0 heterocycles. The highest BCUT2D eigenvalue weighted by Gasteiger charge is 2.29. The van der Waals surface area contributed by atoms with Gasteiger partial charge in [-0.25, -0.2) is 9.13 Å². The van der Waals surface area contributed by atoms with Gasteiger partial charge in [-0.15, -0.1) is 0 Å². The van der Waals surface area contributed by atoms with Crippen LogP contribution in [0.2, 0.25) is 0 Å². The summed E-state index contributed by atoms with van der Waals surface area (Å²) >= 11 is 0. The molecule has 0 aromatic carbocycles. The predicted octanol–water partition coefficient (Wildman–Crippen LogP) is 23.1. The molecule has 0 rings (SSSR count). The van der Waals surface area contributed by atoms with Gasteiger partial charge in [0.05, 0.1) is 26.4 Å². The number of aliphatic hydroxyl groups is 2. The minimum absolute atomic E-state index is 0.103. The number of carbonyl (C=O) groups excluding carboxylic acids is 3. The molecule has 5 atom stereocenters. The number of rotatable bonds is 74. The van der Waals surface area contributed by atoms with E-state index in [2.05, 4.69) is 154 Å². The maximum atomic E-state index is 12.9. The first-order valence-corrected chi connectivity index (χ1v) is 42.5. The van der Waals surface area contributed by atoms with Crippen LogP contribution in [0.4, 0.5) is 0 Å². The summed E-state index contributed by atoms with van der Waals surface area (Å²) in [7, 11) is -9.78. The van der Waals surface area contributed by atoms with Gasteiger partial charge in [0, 0.05) is 19.3 Å². The Bertz CT molecular complexity index is 2370. The van der Waals surface area contributed by atoms with Crippen molar-refractivity contribution in [1.82, 2.24) is 0 Å². The molecule has 0 aliphatic rings. The Kier molecular flexibility index (Phi) is 72.2. The zero-order valence-corrected chi connectivity index (χ0v) is 65.1. The number of ether oxygens (including phenoxy) is 3. The van der Waals surface area contributed by atoms with Crippen molar-refractivity contribution >= 4 is 33.6 Å². The average Bonchev–Trinajstić information content (AvgIpc) is 0.947. The third kappa shape index (κ3) is 76.6. The number of hydrogen-bond donors (Lipinski definition) is 4. The summed E-state index contributed by atoms with van der Waals surface area (Å²) in [6.45, 7) is 2.44. The first-order chi connectivity index (χ1) is 49.2. The third-order valence-electron chi connectivity index (χ3n) is 16.4. The van der Waals surface area contributed by atoms with Gasteiger partial charge in [-0.1, -0.05) is 315 Å². The molecular weight excluding hydrogens is 1310 g/mol. The SMILES string of the molecule is CC/C=C\C/C=C\C/C=C\C/C=C\C/C=C\C/C=C\CCCCCCCCCCCCCCC(=O)OCC(O)COP(=O)(O)OCC(O)COP(=O)(O)OCC(COC(=O)CCCCCCCCC/C=C\C/C=C\C/C=C\C/C=C\C/C=C\CC)OC(=O)CCCCCCCCCCCCC. The second-order valence-corrected chi connectivity index (χ2v) is 29.0. The summed E-state index contributed by atoms with van der Waals surface area (Å²) in [5.74, 6) is -1.58. The van der Waals surface area contributed by atoms with Gasteiger partial charge >= 0.3 is 33.6 Å². The van der Waals surface area contributed by atoms with Crippen molar-refractivity contribution in [3.63, 3.8) is 0 Å². The Morgan fingerprint density at radius 2 is 0.525 bits per heavy atom. The second-order valence-electron chi connectivity index (χ2n) is 26.1. The number of allylic oxidation sites excluding steroid dienone is 22. The van der Waals surface area contributed by atoms with Crippen LogP contribution in [-0.4, -0.2) is 95.9 Å². The summed E-state index contributed by atoms with van der Waals surface area (Å²) < 4.78 is 61.1. The molecule has 0 amide bonds. The van der Waals surface area contributed by atoms with E-state index < -0.39 is 91.5 Å². The quantitative estimate of drug-likeness (QED) is 0.0146. The van der Waals surface area contributed by atoms with Crippen LogP contribution in [0.5, 0.6) is 0 Å². The van der Waals surface area contributed by atoms with E-state index in [1.807, 2.05) is 0 Å². The van der Waals surface area contributed by atoms with Crippen LogP contribution in [0.1, 0.15) is 316 Å². The molecular formula is C83H142O16P2. The molecule has 0 aromatic heterocycles. The fourth-order valence-electron chi connectivity index (χ4n) is 10.4. The number of phosphoric ester groups is 2. The lowest BCUT2D eigenvalue weighted by Gasteiger charge is -2.21. The van der Waals surface area contributed by atoms with E-state index in [1.165, 1.54) is 89.9 Å².